The van der Waals surface area contributed by atoms with Crippen molar-refractivity contribution >= 4 is 17.4 Å². The van der Waals surface area contributed by atoms with Gasteiger partial charge in [-0.25, -0.2) is 9.97 Å². The quantitative estimate of drug-likeness (QED) is 0.846. The van der Waals surface area contributed by atoms with Gasteiger partial charge in [-0.2, -0.15) is 0 Å². The van der Waals surface area contributed by atoms with Crippen molar-refractivity contribution in [2.75, 3.05) is 31.5 Å². The second kappa shape index (κ2) is 7.23. The number of hydrogen-bond donors (Lipinski definition) is 1. The molecular formula is C15H25ClN4. The van der Waals surface area contributed by atoms with Crippen molar-refractivity contribution in [3.63, 3.8) is 0 Å². The Hall–Kier alpha value is -0.870. The molecule has 0 radical (unpaired) electrons. The van der Waals surface area contributed by atoms with Crippen LogP contribution in [0.2, 0.25) is 5.15 Å². The van der Waals surface area contributed by atoms with E-state index in [0.717, 1.165) is 30.4 Å². The fourth-order valence-corrected chi connectivity index (χ4v) is 3.00. The topological polar surface area (TPSA) is 41.0 Å². The lowest BCUT2D eigenvalue weighted by Gasteiger charge is -2.30. The van der Waals surface area contributed by atoms with Crippen LogP contribution in [0.15, 0.2) is 6.33 Å². The molecule has 1 aromatic heterocycles. The second-order valence-corrected chi connectivity index (χ2v) is 6.39. The summed E-state index contributed by atoms with van der Waals surface area (Å²) in [4.78, 5) is 10.9. The van der Waals surface area contributed by atoms with E-state index in [4.69, 9.17) is 11.6 Å². The van der Waals surface area contributed by atoms with E-state index in [1.165, 1.54) is 32.3 Å². The molecule has 2 heterocycles. The van der Waals surface area contributed by atoms with E-state index < -0.39 is 0 Å². The zero-order valence-electron chi connectivity index (χ0n) is 12.7. The molecule has 0 aliphatic carbocycles. The molecule has 0 aromatic carbocycles. The van der Waals surface area contributed by atoms with Gasteiger partial charge in [-0.05, 0) is 37.8 Å². The lowest BCUT2D eigenvalue weighted by atomic mass is 9.99. The van der Waals surface area contributed by atoms with E-state index in [1.54, 1.807) is 0 Å². The van der Waals surface area contributed by atoms with Crippen LogP contribution < -0.4 is 5.32 Å². The summed E-state index contributed by atoms with van der Waals surface area (Å²) >= 11 is 6.17. The van der Waals surface area contributed by atoms with Crippen molar-refractivity contribution in [3.8, 4) is 0 Å². The highest BCUT2D eigenvalue weighted by Gasteiger charge is 2.16. The first-order chi connectivity index (χ1) is 9.58. The Morgan fingerprint density at radius 3 is 2.70 bits per heavy atom. The van der Waals surface area contributed by atoms with Gasteiger partial charge in [-0.15, -0.1) is 0 Å². The number of nitrogens with one attached hydrogen (secondary N) is 1. The smallest absolute Gasteiger partial charge is 0.138 e. The number of piperidine rings is 1. The van der Waals surface area contributed by atoms with Crippen molar-refractivity contribution in [2.24, 2.45) is 5.92 Å². The highest BCUT2D eigenvalue weighted by molar-refractivity contribution is 6.30. The van der Waals surface area contributed by atoms with Gasteiger partial charge in [0.05, 0.1) is 0 Å². The molecule has 1 N–H and O–H groups in total. The average molecular weight is 297 g/mol. The van der Waals surface area contributed by atoms with Crippen LogP contribution >= 0.6 is 11.6 Å². The Balaban J connectivity index is 1.86. The van der Waals surface area contributed by atoms with Crippen molar-refractivity contribution in [3.05, 3.63) is 17.0 Å². The number of anilines is 1. The molecule has 0 saturated carbocycles. The highest BCUT2D eigenvalue weighted by Crippen LogP contribution is 2.27. The summed E-state index contributed by atoms with van der Waals surface area (Å²) in [6, 6.07) is 0. The van der Waals surface area contributed by atoms with Crippen molar-refractivity contribution in [1.82, 2.24) is 14.9 Å². The maximum atomic E-state index is 6.17. The maximum Gasteiger partial charge on any atom is 0.138 e. The van der Waals surface area contributed by atoms with Crippen LogP contribution in [-0.2, 0) is 0 Å². The Kier molecular flexibility index (Phi) is 5.61. The van der Waals surface area contributed by atoms with Gasteiger partial charge >= 0.3 is 0 Å². The summed E-state index contributed by atoms with van der Waals surface area (Å²) < 4.78 is 0. The Bertz CT molecular complexity index is 428. The van der Waals surface area contributed by atoms with Crippen LogP contribution in [0.3, 0.4) is 0 Å². The predicted molar refractivity (Wildman–Crippen MR) is 84.5 cm³/mol. The van der Waals surface area contributed by atoms with Crippen molar-refractivity contribution < 1.29 is 0 Å². The molecule has 0 unspecified atom stereocenters. The normalized spacial score (nSPS) is 17.6. The second-order valence-electron chi connectivity index (χ2n) is 6.03. The van der Waals surface area contributed by atoms with Crippen molar-refractivity contribution in [2.45, 2.75) is 39.5 Å². The minimum Gasteiger partial charge on any atom is -0.368 e. The lowest BCUT2D eigenvalue weighted by molar-refractivity contribution is 0.199. The molecule has 4 nitrogen and oxygen atoms in total. The Labute approximate surface area is 126 Å². The standard InChI is InChI=1S/C15H25ClN4/c1-11(2)13-14(16)18-10-19-15(13)17-6-9-20-7-4-12(3)5-8-20/h10-12H,4-9H2,1-3H3,(H,17,18,19). The fourth-order valence-electron chi connectivity index (χ4n) is 2.64. The van der Waals surface area contributed by atoms with E-state index in [9.17, 15) is 0 Å². The average Bonchev–Trinajstić information content (AvgIpc) is 2.40. The first kappa shape index (κ1) is 15.5. The Morgan fingerprint density at radius 2 is 2.05 bits per heavy atom. The van der Waals surface area contributed by atoms with E-state index in [-0.39, 0.29) is 0 Å². The van der Waals surface area contributed by atoms with Gasteiger partial charge in [-0.3, -0.25) is 0 Å². The first-order valence-electron chi connectivity index (χ1n) is 7.54. The van der Waals surface area contributed by atoms with Crippen LogP contribution in [0, 0.1) is 5.92 Å². The molecule has 1 saturated heterocycles. The molecule has 0 atom stereocenters. The third-order valence-corrected chi connectivity index (χ3v) is 4.31. The van der Waals surface area contributed by atoms with Crippen LogP contribution in [0.1, 0.15) is 45.1 Å². The van der Waals surface area contributed by atoms with Crippen LogP contribution in [0.4, 0.5) is 5.82 Å². The third kappa shape index (κ3) is 4.06. The summed E-state index contributed by atoms with van der Waals surface area (Å²) in [6.07, 6.45) is 4.16. The summed E-state index contributed by atoms with van der Waals surface area (Å²) in [6.45, 7) is 11.0. The number of rotatable bonds is 5. The van der Waals surface area contributed by atoms with E-state index in [2.05, 4.69) is 41.0 Å². The van der Waals surface area contributed by atoms with E-state index in [1.807, 2.05) is 0 Å². The van der Waals surface area contributed by atoms with E-state index >= 15 is 0 Å². The predicted octanol–water partition coefficient (Wildman–Crippen LogP) is 3.40. The number of nitrogens with zero attached hydrogens (tertiary/aromatic N) is 3. The molecular weight excluding hydrogens is 272 g/mol. The molecule has 2 rings (SSSR count). The summed E-state index contributed by atoms with van der Waals surface area (Å²) in [5, 5.41) is 3.98. The number of likely N-dealkylation sites (tertiary alicyclic amines) is 1. The molecule has 1 fully saturated rings. The highest BCUT2D eigenvalue weighted by atomic mass is 35.5. The van der Waals surface area contributed by atoms with Gasteiger partial charge in [0.1, 0.15) is 17.3 Å². The number of aromatic nitrogens is 2. The summed E-state index contributed by atoms with van der Waals surface area (Å²) in [5.74, 6) is 2.08. The number of halogens is 1. The molecule has 5 heteroatoms. The zero-order chi connectivity index (χ0) is 14.5. The van der Waals surface area contributed by atoms with E-state index in [0.29, 0.717) is 11.1 Å². The maximum absolute atomic E-state index is 6.17. The van der Waals surface area contributed by atoms with Crippen LogP contribution in [0.5, 0.6) is 0 Å². The van der Waals surface area contributed by atoms with Crippen molar-refractivity contribution in [1.29, 1.82) is 0 Å². The monoisotopic (exact) mass is 296 g/mol. The molecule has 112 valence electrons. The lowest BCUT2D eigenvalue weighted by Crippen LogP contribution is -2.36. The molecule has 0 bridgehead atoms. The van der Waals surface area contributed by atoms with Gasteiger partial charge in [0, 0.05) is 18.7 Å². The minimum absolute atomic E-state index is 0.321. The molecule has 0 amide bonds. The fraction of sp³-hybridized carbons (Fsp3) is 0.733. The SMILES string of the molecule is CC1CCN(CCNc2ncnc(Cl)c2C(C)C)CC1. The van der Waals surface area contributed by atoms with Gasteiger partial charge in [0.2, 0.25) is 0 Å². The molecule has 1 aliphatic rings. The number of hydrogen-bond acceptors (Lipinski definition) is 4. The molecule has 20 heavy (non-hydrogen) atoms. The minimum atomic E-state index is 0.321. The van der Waals surface area contributed by atoms with Gasteiger partial charge < -0.3 is 10.2 Å². The third-order valence-electron chi connectivity index (χ3n) is 4.01. The molecule has 0 spiro atoms. The van der Waals surface area contributed by atoms with Crippen LogP contribution in [-0.4, -0.2) is 41.0 Å². The van der Waals surface area contributed by atoms with Gasteiger partial charge in [0.15, 0.2) is 0 Å². The summed E-state index contributed by atoms with van der Waals surface area (Å²) in [7, 11) is 0. The largest absolute Gasteiger partial charge is 0.368 e. The zero-order valence-corrected chi connectivity index (χ0v) is 13.5. The molecule has 1 aromatic rings. The molecule has 1 aliphatic heterocycles. The first-order valence-corrected chi connectivity index (χ1v) is 7.92. The van der Waals surface area contributed by atoms with Crippen LogP contribution in [0.25, 0.3) is 0 Å². The summed E-state index contributed by atoms with van der Waals surface area (Å²) in [5.41, 5.74) is 1.02. The van der Waals surface area contributed by atoms with Gasteiger partial charge in [-0.1, -0.05) is 32.4 Å². The van der Waals surface area contributed by atoms with Gasteiger partial charge in [0.25, 0.3) is 0 Å². The Morgan fingerprint density at radius 1 is 1.35 bits per heavy atom.